The van der Waals surface area contributed by atoms with Crippen LogP contribution in [-0.4, -0.2) is 39.0 Å². The van der Waals surface area contributed by atoms with Gasteiger partial charge in [0.25, 0.3) is 5.91 Å². The fourth-order valence-electron chi connectivity index (χ4n) is 0.524. The fourth-order valence-corrected chi connectivity index (χ4v) is 0.910. The van der Waals surface area contributed by atoms with Crippen molar-refractivity contribution in [3.63, 3.8) is 0 Å². The van der Waals surface area contributed by atoms with Crippen molar-refractivity contribution in [1.82, 2.24) is 5.32 Å². The van der Waals surface area contributed by atoms with Gasteiger partial charge in [-0.3, -0.25) is 4.79 Å². The van der Waals surface area contributed by atoms with Crippen molar-refractivity contribution in [3.8, 4) is 0 Å². The number of nitrogens with two attached hydrogens (primary N) is 1. The summed E-state index contributed by atoms with van der Waals surface area (Å²) in [5.74, 6) is -7.88. The first-order valence-electron chi connectivity index (χ1n) is 3.52. The van der Waals surface area contributed by atoms with E-state index in [0.29, 0.717) is 0 Å². The van der Waals surface area contributed by atoms with Crippen molar-refractivity contribution in [2.45, 2.75) is 12.3 Å². The predicted octanol–water partition coefficient (Wildman–Crippen LogP) is -0.708. The topological polar surface area (TPSA) is 89.3 Å². The minimum atomic E-state index is -4.83. The monoisotopic (exact) mass is 252 g/mol. The second-order valence-corrected chi connectivity index (χ2v) is 4.28. The molecular weight excluding hydrogens is 244 g/mol. The number of halogens is 4. The van der Waals surface area contributed by atoms with Crippen LogP contribution in [0.2, 0.25) is 0 Å². The molecule has 0 fully saturated rings. The Morgan fingerprint density at radius 3 is 2.20 bits per heavy atom. The zero-order valence-electron chi connectivity index (χ0n) is 7.21. The summed E-state index contributed by atoms with van der Waals surface area (Å²) < 4.78 is 68.1. The molecule has 1 amide bonds. The van der Waals surface area contributed by atoms with Gasteiger partial charge in [-0.15, -0.1) is 0 Å². The van der Waals surface area contributed by atoms with Crippen molar-refractivity contribution in [2.24, 2.45) is 5.14 Å². The van der Waals surface area contributed by atoms with E-state index in [0.717, 1.165) is 0 Å². The summed E-state index contributed by atoms with van der Waals surface area (Å²) in [5.41, 5.74) is 0. The number of nitrogens with one attached hydrogen (secondary N) is 1. The Kier molecular flexibility index (Phi) is 4.46. The molecule has 0 aliphatic heterocycles. The average molecular weight is 252 g/mol. The van der Waals surface area contributed by atoms with Crippen LogP contribution in [0.1, 0.15) is 0 Å². The lowest BCUT2D eigenvalue weighted by Crippen LogP contribution is -2.46. The molecule has 3 N–H and O–H groups in total. The highest BCUT2D eigenvalue weighted by atomic mass is 32.2. The van der Waals surface area contributed by atoms with Gasteiger partial charge in [-0.25, -0.2) is 22.3 Å². The number of rotatable bonds is 5. The van der Waals surface area contributed by atoms with E-state index in [2.05, 4.69) is 5.14 Å². The van der Waals surface area contributed by atoms with Crippen molar-refractivity contribution >= 4 is 15.9 Å². The number of alkyl halides is 4. The molecule has 0 aromatic rings. The third kappa shape index (κ3) is 4.93. The molecule has 0 atom stereocenters. The molecule has 0 rings (SSSR count). The second kappa shape index (κ2) is 4.75. The normalized spacial score (nSPS) is 12.9. The van der Waals surface area contributed by atoms with E-state index in [4.69, 9.17) is 0 Å². The Bertz CT molecular complexity index is 329. The van der Waals surface area contributed by atoms with E-state index < -0.39 is 40.6 Å². The number of carbonyl (C=O) groups excluding carboxylic acids is 1. The predicted molar refractivity (Wildman–Crippen MR) is 41.9 cm³/mol. The maximum absolute atomic E-state index is 12.2. The van der Waals surface area contributed by atoms with Crippen molar-refractivity contribution < 1.29 is 30.8 Å². The number of carbonyl (C=O) groups is 1. The van der Waals surface area contributed by atoms with Gasteiger partial charge in [0.1, 0.15) is 0 Å². The van der Waals surface area contributed by atoms with Crippen molar-refractivity contribution in [3.05, 3.63) is 0 Å². The van der Waals surface area contributed by atoms with Crippen LogP contribution in [0.15, 0.2) is 0 Å². The first-order valence-corrected chi connectivity index (χ1v) is 5.23. The Hall–Kier alpha value is -0.900. The summed E-state index contributed by atoms with van der Waals surface area (Å²) >= 11 is 0. The zero-order valence-corrected chi connectivity index (χ0v) is 8.03. The molecule has 0 radical (unpaired) electrons. The third-order valence-electron chi connectivity index (χ3n) is 1.25. The lowest BCUT2D eigenvalue weighted by Gasteiger charge is -2.14. The van der Waals surface area contributed by atoms with Gasteiger partial charge in [0, 0.05) is 6.54 Å². The van der Waals surface area contributed by atoms with E-state index in [1.165, 1.54) is 5.32 Å². The zero-order chi connectivity index (χ0) is 12.3. The fraction of sp³-hybridized carbons (Fsp3) is 0.800. The Morgan fingerprint density at radius 2 is 1.87 bits per heavy atom. The number of amides is 1. The number of hydrogen-bond acceptors (Lipinski definition) is 3. The Balaban J connectivity index is 4.17. The molecule has 0 bridgehead atoms. The van der Waals surface area contributed by atoms with Crippen LogP contribution in [-0.2, 0) is 14.8 Å². The number of hydrogen-bond donors (Lipinski definition) is 2. The summed E-state index contributed by atoms with van der Waals surface area (Å²) in [7, 11) is -3.93. The molecule has 0 aliphatic carbocycles. The molecule has 0 aromatic heterocycles. The van der Waals surface area contributed by atoms with Gasteiger partial charge < -0.3 is 5.32 Å². The van der Waals surface area contributed by atoms with E-state index in [1.54, 1.807) is 0 Å². The molecule has 0 unspecified atom stereocenters. The van der Waals surface area contributed by atoms with E-state index in [9.17, 15) is 30.8 Å². The summed E-state index contributed by atoms with van der Waals surface area (Å²) in [4.78, 5) is 10.4. The van der Waals surface area contributed by atoms with Gasteiger partial charge in [0.15, 0.2) is 0 Å². The highest BCUT2D eigenvalue weighted by Gasteiger charge is 2.48. The lowest BCUT2D eigenvalue weighted by atomic mass is 10.3. The molecule has 0 spiro atoms. The molecular formula is C5H8F4N2O3S. The summed E-state index contributed by atoms with van der Waals surface area (Å²) in [6.45, 7) is -0.750. The van der Waals surface area contributed by atoms with Crippen LogP contribution in [0.25, 0.3) is 0 Å². The maximum Gasteiger partial charge on any atom is 0.383 e. The van der Waals surface area contributed by atoms with E-state index >= 15 is 0 Å². The first-order chi connectivity index (χ1) is 6.57. The standard InChI is InChI=1S/C5H8F4N2O3S/c6-3(7)5(8,9)4(12)11-1-2-15(10,13)14/h3H,1-2H2,(H,11,12)(H2,10,13,14). The molecule has 5 nitrogen and oxygen atoms in total. The number of primary sulfonamides is 1. The second-order valence-electron chi connectivity index (χ2n) is 2.55. The summed E-state index contributed by atoms with van der Waals surface area (Å²) in [6.07, 6.45) is -4.15. The molecule has 90 valence electrons. The minimum Gasteiger partial charge on any atom is -0.350 e. The Morgan fingerprint density at radius 1 is 1.40 bits per heavy atom. The molecule has 0 aliphatic rings. The highest BCUT2D eigenvalue weighted by Crippen LogP contribution is 2.22. The molecule has 0 heterocycles. The van der Waals surface area contributed by atoms with Crippen LogP contribution in [0, 0.1) is 0 Å². The third-order valence-corrected chi connectivity index (χ3v) is 2.02. The van der Waals surface area contributed by atoms with Gasteiger partial charge in [-0.2, -0.15) is 8.78 Å². The van der Waals surface area contributed by atoms with E-state index in [1.807, 2.05) is 0 Å². The molecule has 10 heteroatoms. The van der Waals surface area contributed by atoms with Crippen molar-refractivity contribution in [2.75, 3.05) is 12.3 Å². The molecule has 0 saturated carbocycles. The quantitative estimate of drug-likeness (QED) is 0.633. The van der Waals surface area contributed by atoms with Crippen LogP contribution in [0.5, 0.6) is 0 Å². The lowest BCUT2D eigenvalue weighted by molar-refractivity contribution is -0.169. The van der Waals surface area contributed by atoms with Crippen LogP contribution >= 0.6 is 0 Å². The first kappa shape index (κ1) is 14.1. The molecule has 0 saturated heterocycles. The van der Waals surface area contributed by atoms with Gasteiger partial charge >= 0.3 is 12.3 Å². The molecule has 0 aromatic carbocycles. The largest absolute Gasteiger partial charge is 0.383 e. The van der Waals surface area contributed by atoms with Gasteiger partial charge in [-0.05, 0) is 0 Å². The van der Waals surface area contributed by atoms with Gasteiger partial charge in [-0.1, -0.05) is 0 Å². The van der Waals surface area contributed by atoms with Crippen LogP contribution in [0.4, 0.5) is 17.6 Å². The SMILES string of the molecule is NS(=O)(=O)CCNC(=O)C(F)(F)C(F)F. The highest BCUT2D eigenvalue weighted by molar-refractivity contribution is 7.89. The summed E-state index contributed by atoms with van der Waals surface area (Å²) in [6, 6.07) is 0. The molecule has 15 heavy (non-hydrogen) atoms. The maximum atomic E-state index is 12.2. The van der Waals surface area contributed by atoms with Crippen LogP contribution in [0.3, 0.4) is 0 Å². The summed E-state index contributed by atoms with van der Waals surface area (Å²) in [5, 5.41) is 5.81. The van der Waals surface area contributed by atoms with Gasteiger partial charge in [0.2, 0.25) is 10.0 Å². The Labute approximate surface area is 82.7 Å². The van der Waals surface area contributed by atoms with Crippen molar-refractivity contribution in [1.29, 1.82) is 0 Å². The number of sulfonamides is 1. The minimum absolute atomic E-state index is 0.750. The smallest absolute Gasteiger partial charge is 0.350 e. The van der Waals surface area contributed by atoms with Crippen LogP contribution < -0.4 is 10.5 Å². The van der Waals surface area contributed by atoms with Gasteiger partial charge in [0.05, 0.1) is 5.75 Å². The van der Waals surface area contributed by atoms with E-state index in [-0.39, 0.29) is 0 Å². The average Bonchev–Trinajstić information content (AvgIpc) is 2.01.